The van der Waals surface area contributed by atoms with Crippen LogP contribution in [0.25, 0.3) is 0 Å². The summed E-state index contributed by atoms with van der Waals surface area (Å²) in [7, 11) is 0. The Labute approximate surface area is 72.7 Å². The zero-order valence-corrected chi connectivity index (χ0v) is 7.14. The number of alkyl halides is 3. The third kappa shape index (κ3) is 2.21. The molecule has 0 aliphatic heterocycles. The van der Waals surface area contributed by atoms with E-state index >= 15 is 0 Å². The van der Waals surface area contributed by atoms with Gasteiger partial charge in [0.2, 0.25) is 0 Å². The molecule has 1 heterocycles. The second-order valence-electron chi connectivity index (χ2n) is 3.30. The minimum absolute atomic E-state index is 0.0137. The average Bonchev–Trinajstić information content (AvgIpc) is 2.28. The molecule has 1 rings (SSSR count). The summed E-state index contributed by atoms with van der Waals surface area (Å²) in [5, 5.41) is 2.87. The van der Waals surface area contributed by atoms with Crippen LogP contribution in [0.3, 0.4) is 0 Å². The van der Waals surface area contributed by atoms with Gasteiger partial charge < -0.3 is 10.3 Å². The highest BCUT2D eigenvalue weighted by Gasteiger charge is 2.36. The van der Waals surface area contributed by atoms with Gasteiger partial charge in [0.15, 0.2) is 11.5 Å². The Bertz CT molecular complexity index is 269. The molecule has 0 spiro atoms. The summed E-state index contributed by atoms with van der Waals surface area (Å²) in [4.78, 5) is 0. The van der Waals surface area contributed by atoms with E-state index in [0.717, 1.165) is 6.07 Å². The minimum atomic E-state index is -4.48. The second kappa shape index (κ2) is 2.73. The number of nitrogens with two attached hydrogens (primary N) is 1. The van der Waals surface area contributed by atoms with Gasteiger partial charge in [-0.3, -0.25) is 0 Å². The normalized spacial score (nSPS) is 13.4. The van der Waals surface area contributed by atoms with Crippen molar-refractivity contribution in [1.29, 1.82) is 0 Å². The molecule has 2 N–H and O–H groups in total. The Balaban J connectivity index is 3.01. The van der Waals surface area contributed by atoms with Gasteiger partial charge in [0.05, 0.1) is 5.54 Å². The van der Waals surface area contributed by atoms with Gasteiger partial charge in [-0.1, -0.05) is 5.16 Å². The summed E-state index contributed by atoms with van der Waals surface area (Å²) in [6.07, 6.45) is -4.48. The molecular weight excluding hydrogens is 185 g/mol. The van der Waals surface area contributed by atoms with Crippen molar-refractivity contribution in [3.05, 3.63) is 17.5 Å². The minimum Gasteiger partial charge on any atom is -0.359 e. The Hall–Kier alpha value is -1.04. The first-order valence-corrected chi connectivity index (χ1v) is 3.54. The van der Waals surface area contributed by atoms with Gasteiger partial charge in [-0.2, -0.15) is 13.2 Å². The molecule has 0 unspecified atom stereocenters. The molecule has 0 saturated carbocycles. The molecule has 74 valence electrons. The summed E-state index contributed by atoms with van der Waals surface area (Å²) in [6, 6.07) is 0.806. The average molecular weight is 194 g/mol. The molecule has 0 saturated heterocycles. The predicted molar refractivity (Wildman–Crippen MR) is 38.7 cm³/mol. The van der Waals surface area contributed by atoms with E-state index in [1.165, 1.54) is 13.8 Å². The zero-order chi connectivity index (χ0) is 10.3. The molecule has 3 nitrogen and oxygen atoms in total. The van der Waals surface area contributed by atoms with Crippen LogP contribution in [0, 0.1) is 0 Å². The molecule has 0 radical (unpaired) electrons. The molecule has 13 heavy (non-hydrogen) atoms. The quantitative estimate of drug-likeness (QED) is 0.742. The summed E-state index contributed by atoms with van der Waals surface area (Å²) >= 11 is 0. The van der Waals surface area contributed by atoms with E-state index in [1.807, 2.05) is 0 Å². The van der Waals surface area contributed by atoms with Crippen molar-refractivity contribution in [2.75, 3.05) is 0 Å². The van der Waals surface area contributed by atoms with Gasteiger partial charge in [-0.15, -0.1) is 0 Å². The van der Waals surface area contributed by atoms with Crippen LogP contribution in [0.4, 0.5) is 13.2 Å². The molecular formula is C7H9F3N2O. The molecule has 0 aliphatic carbocycles. The van der Waals surface area contributed by atoms with Crippen LogP contribution in [-0.2, 0) is 11.7 Å². The highest BCUT2D eigenvalue weighted by molar-refractivity contribution is 5.14. The van der Waals surface area contributed by atoms with E-state index < -0.39 is 17.4 Å². The largest absolute Gasteiger partial charge is 0.436 e. The maximum atomic E-state index is 12.0. The van der Waals surface area contributed by atoms with Crippen LogP contribution in [0.15, 0.2) is 10.6 Å². The third-order valence-electron chi connectivity index (χ3n) is 1.44. The second-order valence-corrected chi connectivity index (χ2v) is 3.30. The number of aromatic nitrogens is 1. The third-order valence-corrected chi connectivity index (χ3v) is 1.44. The van der Waals surface area contributed by atoms with Crippen molar-refractivity contribution < 1.29 is 17.7 Å². The summed E-state index contributed by atoms with van der Waals surface area (Å²) in [5.41, 5.74) is 3.51. The van der Waals surface area contributed by atoms with E-state index in [2.05, 4.69) is 9.68 Å². The van der Waals surface area contributed by atoms with Gasteiger partial charge >= 0.3 is 6.18 Å². The Morgan fingerprint density at radius 2 is 1.92 bits per heavy atom. The van der Waals surface area contributed by atoms with E-state index in [-0.39, 0.29) is 5.76 Å². The smallest absolute Gasteiger partial charge is 0.359 e. The van der Waals surface area contributed by atoms with Gasteiger partial charge in [-0.25, -0.2) is 0 Å². The van der Waals surface area contributed by atoms with Crippen molar-refractivity contribution in [2.45, 2.75) is 25.6 Å². The molecule has 6 heteroatoms. The fraction of sp³-hybridized carbons (Fsp3) is 0.571. The monoisotopic (exact) mass is 194 g/mol. The molecule has 1 aromatic heterocycles. The lowest BCUT2D eigenvalue weighted by atomic mass is 10.0. The molecule has 0 bridgehead atoms. The van der Waals surface area contributed by atoms with E-state index in [9.17, 15) is 13.2 Å². The highest BCUT2D eigenvalue weighted by atomic mass is 19.4. The van der Waals surface area contributed by atoms with Crippen LogP contribution in [0.5, 0.6) is 0 Å². The molecule has 0 amide bonds. The van der Waals surface area contributed by atoms with Gasteiger partial charge in [-0.05, 0) is 13.8 Å². The van der Waals surface area contributed by atoms with Crippen LogP contribution < -0.4 is 5.73 Å². The lowest BCUT2D eigenvalue weighted by Gasteiger charge is -2.12. The predicted octanol–water partition coefficient (Wildman–Crippen LogP) is 1.89. The molecule has 0 atom stereocenters. The number of halogens is 3. The summed E-state index contributed by atoms with van der Waals surface area (Å²) < 4.78 is 40.5. The van der Waals surface area contributed by atoms with Gasteiger partial charge in [0, 0.05) is 6.07 Å². The van der Waals surface area contributed by atoms with Crippen molar-refractivity contribution in [2.24, 2.45) is 5.73 Å². The van der Waals surface area contributed by atoms with Crippen molar-refractivity contribution in [3.8, 4) is 0 Å². The lowest BCUT2D eigenvalue weighted by molar-refractivity contribution is -0.142. The number of nitrogens with zero attached hydrogens (tertiary/aromatic N) is 1. The maximum absolute atomic E-state index is 12.0. The van der Waals surface area contributed by atoms with E-state index in [1.54, 1.807) is 0 Å². The Morgan fingerprint density at radius 1 is 1.38 bits per heavy atom. The molecule has 0 aromatic carbocycles. The first-order chi connectivity index (χ1) is 5.71. The first-order valence-electron chi connectivity index (χ1n) is 3.54. The SMILES string of the molecule is CC(C)(N)c1cc(C(F)(F)F)no1. The van der Waals surface area contributed by atoms with Crippen molar-refractivity contribution in [1.82, 2.24) is 5.16 Å². The molecule has 0 aliphatic rings. The van der Waals surface area contributed by atoms with Crippen LogP contribution in [0.2, 0.25) is 0 Å². The first kappa shape index (κ1) is 10.0. The fourth-order valence-corrected chi connectivity index (χ4v) is 0.712. The summed E-state index contributed by atoms with van der Waals surface area (Å²) in [5.74, 6) is 0.0137. The van der Waals surface area contributed by atoms with Gasteiger partial charge in [0.1, 0.15) is 0 Å². The van der Waals surface area contributed by atoms with E-state index in [4.69, 9.17) is 5.73 Å². The highest BCUT2D eigenvalue weighted by Crippen LogP contribution is 2.30. The molecule has 1 aromatic rings. The summed E-state index contributed by atoms with van der Waals surface area (Å²) in [6.45, 7) is 3.07. The van der Waals surface area contributed by atoms with Crippen LogP contribution in [0.1, 0.15) is 25.3 Å². The van der Waals surface area contributed by atoms with Crippen LogP contribution in [-0.4, -0.2) is 5.16 Å². The number of rotatable bonds is 1. The van der Waals surface area contributed by atoms with Crippen molar-refractivity contribution in [3.63, 3.8) is 0 Å². The fourth-order valence-electron chi connectivity index (χ4n) is 0.712. The standard InChI is InChI=1S/C7H9F3N2O/c1-6(2,11)5-3-4(12-13-5)7(8,9)10/h3H,11H2,1-2H3. The van der Waals surface area contributed by atoms with Gasteiger partial charge in [0.25, 0.3) is 0 Å². The number of hydrogen-bond acceptors (Lipinski definition) is 3. The molecule has 0 fully saturated rings. The van der Waals surface area contributed by atoms with Crippen LogP contribution >= 0.6 is 0 Å². The number of hydrogen-bond donors (Lipinski definition) is 1. The van der Waals surface area contributed by atoms with Crippen molar-refractivity contribution >= 4 is 0 Å². The lowest BCUT2D eigenvalue weighted by Crippen LogP contribution is -2.27. The zero-order valence-electron chi connectivity index (χ0n) is 7.14. The Kier molecular flexibility index (Phi) is 2.11. The topological polar surface area (TPSA) is 52.0 Å². The maximum Gasteiger partial charge on any atom is 0.436 e. The van der Waals surface area contributed by atoms with E-state index in [0.29, 0.717) is 0 Å². The Morgan fingerprint density at radius 3 is 2.15 bits per heavy atom.